The van der Waals surface area contributed by atoms with Gasteiger partial charge in [-0.15, -0.1) is 0 Å². The van der Waals surface area contributed by atoms with E-state index < -0.39 is 12.1 Å². The van der Waals surface area contributed by atoms with Gasteiger partial charge in [0, 0.05) is 12.8 Å². The normalized spacial score (nSPS) is 12.5. The van der Waals surface area contributed by atoms with Crippen molar-refractivity contribution in [1.82, 2.24) is 5.32 Å². The average molecular weight is 1200 g/mol. The molecule has 0 saturated heterocycles. The largest absolute Gasteiger partial charge is 0.466 e. The van der Waals surface area contributed by atoms with Gasteiger partial charge in [-0.3, -0.25) is 9.59 Å². The van der Waals surface area contributed by atoms with Gasteiger partial charge in [0.2, 0.25) is 5.91 Å². The van der Waals surface area contributed by atoms with Gasteiger partial charge in [-0.05, 0) is 51.4 Å². The Hall–Kier alpha value is -1.40. The predicted octanol–water partition coefficient (Wildman–Crippen LogP) is 25.9. The molecule has 2 atom stereocenters. The summed E-state index contributed by atoms with van der Waals surface area (Å²) < 4.78 is 5.52. The van der Waals surface area contributed by atoms with E-state index in [4.69, 9.17) is 4.74 Å². The first-order valence-electron chi connectivity index (χ1n) is 39.4. The Balaban J connectivity index is 3.32. The first-order valence-corrected chi connectivity index (χ1v) is 39.4. The van der Waals surface area contributed by atoms with Crippen LogP contribution in [0, 0.1) is 0 Å². The van der Waals surface area contributed by atoms with E-state index in [1.165, 1.54) is 385 Å². The van der Waals surface area contributed by atoms with Crippen LogP contribution in [-0.4, -0.2) is 47.4 Å². The Morgan fingerprint density at radius 3 is 0.835 bits per heavy atom. The van der Waals surface area contributed by atoms with Gasteiger partial charge in [0.15, 0.2) is 0 Å². The highest BCUT2D eigenvalue weighted by atomic mass is 16.5. The van der Waals surface area contributed by atoms with E-state index >= 15 is 0 Å². The molecule has 0 aromatic carbocycles. The standard InChI is InChI=1S/C79H155NO5/c1-3-5-7-9-11-13-15-17-19-21-23-36-39-43-47-51-55-59-63-67-71-77(82)76(75-81)80-78(83)72-68-64-60-56-52-48-44-40-37-33-31-29-27-25-24-26-28-30-32-34-38-42-46-50-54-58-62-66-70-74-85-79(84)73-69-65-61-57-53-49-45-41-35-22-20-18-16-14-12-10-8-6-4-2/h18,20,76-77,81-82H,3-17,19,21-75H2,1-2H3,(H,80,83)/b20-18-. The topological polar surface area (TPSA) is 95.9 Å². The highest BCUT2D eigenvalue weighted by molar-refractivity contribution is 5.76. The van der Waals surface area contributed by atoms with Crippen LogP contribution in [-0.2, 0) is 14.3 Å². The highest BCUT2D eigenvalue weighted by Gasteiger charge is 2.20. The number of carbonyl (C=O) groups is 2. The summed E-state index contributed by atoms with van der Waals surface area (Å²) in [5, 5.41) is 23.4. The van der Waals surface area contributed by atoms with Crippen LogP contribution >= 0.6 is 0 Å². The minimum absolute atomic E-state index is 0.0205. The summed E-state index contributed by atoms with van der Waals surface area (Å²) in [6.45, 7) is 5.01. The number of hydrogen-bond donors (Lipinski definition) is 3. The Morgan fingerprint density at radius 1 is 0.318 bits per heavy atom. The number of carbonyl (C=O) groups excluding carboxylic acids is 2. The van der Waals surface area contributed by atoms with E-state index in [-0.39, 0.29) is 18.5 Å². The molecule has 0 radical (unpaired) electrons. The number of hydrogen-bond acceptors (Lipinski definition) is 5. The molecular weight excluding hydrogens is 1040 g/mol. The maximum atomic E-state index is 12.6. The average Bonchev–Trinajstić information content (AvgIpc) is 3.50. The Labute approximate surface area is 533 Å². The summed E-state index contributed by atoms with van der Waals surface area (Å²) in [5.41, 5.74) is 0. The second-order valence-corrected chi connectivity index (χ2v) is 27.4. The summed E-state index contributed by atoms with van der Waals surface area (Å²) in [7, 11) is 0. The van der Waals surface area contributed by atoms with E-state index in [0.717, 1.165) is 38.5 Å². The molecule has 0 spiro atoms. The minimum Gasteiger partial charge on any atom is -0.466 e. The molecule has 6 nitrogen and oxygen atoms in total. The van der Waals surface area contributed by atoms with Crippen molar-refractivity contribution in [3.05, 3.63) is 12.2 Å². The summed E-state index contributed by atoms with van der Waals surface area (Å²) in [4.78, 5) is 24.7. The quantitative estimate of drug-likeness (QED) is 0.0320. The van der Waals surface area contributed by atoms with Crippen molar-refractivity contribution in [2.75, 3.05) is 13.2 Å². The summed E-state index contributed by atoms with van der Waals surface area (Å²) in [6.07, 6.45) is 94.4. The number of allylic oxidation sites excluding steroid dienone is 2. The number of ether oxygens (including phenoxy) is 1. The van der Waals surface area contributed by atoms with Crippen molar-refractivity contribution >= 4 is 11.9 Å². The van der Waals surface area contributed by atoms with Crippen molar-refractivity contribution < 1.29 is 24.5 Å². The van der Waals surface area contributed by atoms with Gasteiger partial charge < -0.3 is 20.3 Å². The lowest BCUT2D eigenvalue weighted by Gasteiger charge is -2.22. The lowest BCUT2D eigenvalue weighted by molar-refractivity contribution is -0.143. The number of amides is 1. The number of aliphatic hydroxyl groups excluding tert-OH is 2. The van der Waals surface area contributed by atoms with Crippen molar-refractivity contribution in [1.29, 1.82) is 0 Å². The molecule has 506 valence electrons. The number of esters is 1. The van der Waals surface area contributed by atoms with Gasteiger partial charge in [0.25, 0.3) is 0 Å². The highest BCUT2D eigenvalue weighted by Crippen LogP contribution is 2.20. The van der Waals surface area contributed by atoms with E-state index in [1.807, 2.05) is 0 Å². The molecule has 3 N–H and O–H groups in total. The first-order chi connectivity index (χ1) is 42.0. The molecule has 0 aromatic rings. The van der Waals surface area contributed by atoms with Crippen LogP contribution in [0.15, 0.2) is 12.2 Å². The van der Waals surface area contributed by atoms with Crippen molar-refractivity contribution in [2.45, 2.75) is 469 Å². The molecule has 2 unspecified atom stereocenters. The maximum absolute atomic E-state index is 12.6. The predicted molar refractivity (Wildman–Crippen MR) is 375 cm³/mol. The second kappa shape index (κ2) is 75.1. The fourth-order valence-electron chi connectivity index (χ4n) is 12.8. The molecule has 1 amide bonds. The zero-order valence-corrected chi connectivity index (χ0v) is 58.1. The molecule has 0 aliphatic heterocycles. The first kappa shape index (κ1) is 83.6. The molecular formula is C79H155NO5. The molecule has 0 saturated carbocycles. The summed E-state index contributed by atoms with van der Waals surface area (Å²) >= 11 is 0. The molecule has 6 heteroatoms. The molecule has 0 aromatic heterocycles. The van der Waals surface area contributed by atoms with Crippen molar-refractivity contribution in [3.63, 3.8) is 0 Å². The third-order valence-electron chi connectivity index (χ3n) is 18.8. The van der Waals surface area contributed by atoms with Gasteiger partial charge in [-0.25, -0.2) is 0 Å². The Bertz CT molecular complexity index is 1290. The third-order valence-corrected chi connectivity index (χ3v) is 18.8. The van der Waals surface area contributed by atoms with E-state index in [0.29, 0.717) is 25.9 Å². The van der Waals surface area contributed by atoms with Gasteiger partial charge in [0.1, 0.15) is 0 Å². The Morgan fingerprint density at radius 2 is 0.553 bits per heavy atom. The Kier molecular flexibility index (Phi) is 73.8. The van der Waals surface area contributed by atoms with Crippen LogP contribution in [0.5, 0.6) is 0 Å². The van der Waals surface area contributed by atoms with Gasteiger partial charge in [0.05, 0.1) is 25.4 Å². The zero-order valence-electron chi connectivity index (χ0n) is 58.1. The smallest absolute Gasteiger partial charge is 0.305 e. The fraction of sp³-hybridized carbons (Fsp3) is 0.949. The summed E-state index contributed by atoms with van der Waals surface area (Å²) in [5.74, 6) is -0.00552. The van der Waals surface area contributed by atoms with Crippen LogP contribution in [0.25, 0.3) is 0 Å². The molecule has 0 rings (SSSR count). The lowest BCUT2D eigenvalue weighted by Crippen LogP contribution is -2.45. The van der Waals surface area contributed by atoms with Crippen molar-refractivity contribution in [2.24, 2.45) is 0 Å². The molecule has 0 bridgehead atoms. The third kappa shape index (κ3) is 71.6. The van der Waals surface area contributed by atoms with Gasteiger partial charge in [-0.2, -0.15) is 0 Å². The molecule has 85 heavy (non-hydrogen) atoms. The maximum Gasteiger partial charge on any atom is 0.305 e. The SMILES string of the molecule is CCCCCCCC/C=C\CCCCCCCCCCCC(=O)OCCCCCCCCCCCCCCCCCCCCCCCCCCCCCCCC(=O)NC(CO)C(O)CCCCCCCCCCCCCCCCCCCCCC. The monoisotopic (exact) mass is 1200 g/mol. The van der Waals surface area contributed by atoms with Gasteiger partial charge in [-0.1, -0.05) is 405 Å². The van der Waals surface area contributed by atoms with Crippen LogP contribution < -0.4 is 5.32 Å². The molecule has 0 aliphatic carbocycles. The van der Waals surface area contributed by atoms with E-state index in [9.17, 15) is 19.8 Å². The molecule has 0 aliphatic rings. The lowest BCUT2D eigenvalue weighted by atomic mass is 10.0. The van der Waals surface area contributed by atoms with E-state index in [2.05, 4.69) is 31.3 Å². The minimum atomic E-state index is -0.662. The van der Waals surface area contributed by atoms with Crippen molar-refractivity contribution in [3.8, 4) is 0 Å². The van der Waals surface area contributed by atoms with Gasteiger partial charge >= 0.3 is 5.97 Å². The second-order valence-electron chi connectivity index (χ2n) is 27.4. The fourth-order valence-corrected chi connectivity index (χ4v) is 12.8. The number of aliphatic hydroxyl groups is 2. The molecule has 0 heterocycles. The zero-order chi connectivity index (χ0) is 61.3. The van der Waals surface area contributed by atoms with E-state index in [1.54, 1.807) is 0 Å². The number of rotatable bonds is 75. The van der Waals surface area contributed by atoms with Crippen LogP contribution in [0.2, 0.25) is 0 Å². The number of unbranched alkanes of at least 4 members (excludes halogenated alkanes) is 62. The number of nitrogens with one attached hydrogen (secondary N) is 1. The van der Waals surface area contributed by atoms with Crippen LogP contribution in [0.1, 0.15) is 457 Å². The molecule has 0 fully saturated rings. The van der Waals surface area contributed by atoms with Crippen LogP contribution in [0.3, 0.4) is 0 Å². The summed E-state index contributed by atoms with van der Waals surface area (Å²) in [6, 6.07) is -0.539. The van der Waals surface area contributed by atoms with Crippen LogP contribution in [0.4, 0.5) is 0 Å².